The van der Waals surface area contributed by atoms with Crippen molar-refractivity contribution in [1.82, 2.24) is 0 Å². The van der Waals surface area contributed by atoms with Gasteiger partial charge in [-0.2, -0.15) is 0 Å². The molecule has 10 atom stereocenters. The molecule has 3 rings (SSSR count). The third-order valence-corrected chi connectivity index (χ3v) is 10.3. The maximum Gasteiger partial charge on any atom is 0.311 e. The molecule has 0 saturated heterocycles. The number of hydrogen-bond acceptors (Lipinski definition) is 6. The molecule has 4 N–H and O–H groups in total. The second-order valence-electron chi connectivity index (χ2n) is 13.6. The SMILES string of the molecule is CCC(C)(C)C(=O)O[C@H]1C[C@@H](C)[C@@H]([C@@H](C)c2ccccc2)[C@H]2CC[C@](C)(O)[C@@H](CC[C@@H](O)C[C@@H](O)CC(=O)O)[C@@H]21. The fraction of sp³-hybridized carbons (Fsp3) is 0.758. The number of esters is 1. The standard InChI is InChI=1S/C33H52O7/c1-7-32(4,5)31(38)40-27-17-20(2)29(21(3)22-11-9-8-10-12-22)25-15-16-33(6,39)26(30(25)27)14-13-23(34)18-24(35)19-28(36)37/h8-12,20-21,23-27,29-30,34-35,39H,7,13-19H2,1-6H3,(H,36,37)/t20-,21+,23-,24-,25-,26+,27+,29+,30-,33+/m1/s1. The zero-order chi connectivity index (χ0) is 29.8. The molecule has 0 unspecified atom stereocenters. The Hall–Kier alpha value is -1.96. The van der Waals surface area contributed by atoms with E-state index in [1.807, 2.05) is 33.8 Å². The number of carbonyl (C=O) groups is 2. The minimum Gasteiger partial charge on any atom is -0.481 e. The van der Waals surface area contributed by atoms with Gasteiger partial charge in [-0.1, -0.05) is 51.1 Å². The van der Waals surface area contributed by atoms with E-state index in [4.69, 9.17) is 9.84 Å². The first-order valence-electron chi connectivity index (χ1n) is 15.2. The Morgan fingerprint density at radius 1 is 1.15 bits per heavy atom. The minimum absolute atomic E-state index is 0.0247. The monoisotopic (exact) mass is 560 g/mol. The number of carboxylic acids is 1. The molecule has 40 heavy (non-hydrogen) atoms. The summed E-state index contributed by atoms with van der Waals surface area (Å²) in [4.78, 5) is 24.3. The van der Waals surface area contributed by atoms with Crippen molar-refractivity contribution in [2.75, 3.05) is 0 Å². The van der Waals surface area contributed by atoms with Crippen LogP contribution in [0, 0.1) is 35.0 Å². The number of ether oxygens (including phenoxy) is 1. The number of fused-ring (bicyclic) bond motifs is 1. The van der Waals surface area contributed by atoms with E-state index >= 15 is 0 Å². The van der Waals surface area contributed by atoms with Crippen LogP contribution < -0.4 is 0 Å². The first kappa shape index (κ1) is 32.6. The summed E-state index contributed by atoms with van der Waals surface area (Å²) in [5.41, 5.74) is -0.305. The van der Waals surface area contributed by atoms with Gasteiger partial charge >= 0.3 is 11.9 Å². The summed E-state index contributed by atoms with van der Waals surface area (Å²) in [6, 6.07) is 10.5. The van der Waals surface area contributed by atoms with Crippen molar-refractivity contribution < 1.29 is 34.8 Å². The van der Waals surface area contributed by atoms with Gasteiger partial charge in [-0.05, 0) is 101 Å². The maximum atomic E-state index is 13.3. The van der Waals surface area contributed by atoms with Crippen LogP contribution in [0.1, 0.15) is 104 Å². The van der Waals surface area contributed by atoms with Crippen LogP contribution in [-0.4, -0.2) is 56.3 Å². The van der Waals surface area contributed by atoms with Crippen molar-refractivity contribution in [3.63, 3.8) is 0 Å². The van der Waals surface area contributed by atoms with Gasteiger partial charge in [0.15, 0.2) is 0 Å². The average molecular weight is 561 g/mol. The first-order valence-corrected chi connectivity index (χ1v) is 15.2. The minimum atomic E-state index is -1.12. The van der Waals surface area contributed by atoms with Gasteiger partial charge < -0.3 is 25.2 Å². The number of carbonyl (C=O) groups excluding carboxylic acids is 1. The molecular formula is C33H52O7. The molecule has 0 aliphatic heterocycles. The lowest BCUT2D eigenvalue weighted by Crippen LogP contribution is -2.57. The van der Waals surface area contributed by atoms with E-state index in [0.717, 1.165) is 12.8 Å². The smallest absolute Gasteiger partial charge is 0.311 e. The van der Waals surface area contributed by atoms with Crippen molar-refractivity contribution in [3.8, 4) is 0 Å². The van der Waals surface area contributed by atoms with Gasteiger partial charge in [0.25, 0.3) is 0 Å². The van der Waals surface area contributed by atoms with Gasteiger partial charge in [-0.25, -0.2) is 0 Å². The molecule has 0 heterocycles. The number of aliphatic hydroxyl groups is 3. The quantitative estimate of drug-likeness (QED) is 0.247. The van der Waals surface area contributed by atoms with Crippen molar-refractivity contribution in [3.05, 3.63) is 35.9 Å². The van der Waals surface area contributed by atoms with E-state index in [9.17, 15) is 24.9 Å². The number of aliphatic carboxylic acids is 1. The van der Waals surface area contributed by atoms with Crippen molar-refractivity contribution in [2.45, 2.75) is 123 Å². The summed E-state index contributed by atoms with van der Waals surface area (Å²) < 4.78 is 6.34. The van der Waals surface area contributed by atoms with Crippen LogP contribution >= 0.6 is 0 Å². The predicted octanol–water partition coefficient (Wildman–Crippen LogP) is 5.55. The van der Waals surface area contributed by atoms with Gasteiger partial charge in [0.2, 0.25) is 0 Å². The maximum absolute atomic E-state index is 13.3. The topological polar surface area (TPSA) is 124 Å². The van der Waals surface area contributed by atoms with Gasteiger partial charge in [-0.3, -0.25) is 9.59 Å². The van der Waals surface area contributed by atoms with Crippen molar-refractivity contribution >= 4 is 11.9 Å². The summed E-state index contributed by atoms with van der Waals surface area (Å²) >= 11 is 0. The number of carboxylic acid groups (broad SMARTS) is 1. The van der Waals surface area contributed by atoms with E-state index < -0.39 is 35.6 Å². The normalized spacial score (nSPS) is 32.9. The van der Waals surface area contributed by atoms with Crippen LogP contribution in [-0.2, 0) is 14.3 Å². The highest BCUT2D eigenvalue weighted by Crippen LogP contribution is 2.57. The highest BCUT2D eigenvalue weighted by Gasteiger charge is 2.56. The highest BCUT2D eigenvalue weighted by molar-refractivity contribution is 5.76. The summed E-state index contributed by atoms with van der Waals surface area (Å²) in [7, 11) is 0. The van der Waals surface area contributed by atoms with Crippen LogP contribution in [0.3, 0.4) is 0 Å². The summed E-state index contributed by atoms with van der Waals surface area (Å²) in [5, 5.41) is 41.4. The van der Waals surface area contributed by atoms with Crippen molar-refractivity contribution in [2.24, 2.45) is 35.0 Å². The van der Waals surface area contributed by atoms with Gasteiger partial charge in [0.1, 0.15) is 6.10 Å². The van der Waals surface area contributed by atoms with E-state index in [2.05, 4.69) is 38.1 Å². The Bertz CT molecular complexity index is 974. The zero-order valence-electron chi connectivity index (χ0n) is 25.3. The molecule has 2 aliphatic carbocycles. The number of benzene rings is 1. The summed E-state index contributed by atoms with van der Waals surface area (Å²) in [6.45, 7) is 12.2. The molecule has 2 aliphatic rings. The lowest BCUT2D eigenvalue weighted by atomic mass is 9.51. The first-order chi connectivity index (χ1) is 18.7. The van der Waals surface area contributed by atoms with Crippen molar-refractivity contribution in [1.29, 1.82) is 0 Å². The molecule has 0 aromatic heterocycles. The zero-order valence-corrected chi connectivity index (χ0v) is 25.3. The van der Waals surface area contributed by atoms with Crippen LogP contribution in [0.2, 0.25) is 0 Å². The second kappa shape index (κ2) is 13.3. The van der Waals surface area contributed by atoms with E-state index in [1.165, 1.54) is 5.56 Å². The average Bonchev–Trinajstić information content (AvgIpc) is 2.87. The van der Waals surface area contributed by atoms with Crippen LogP contribution in [0.25, 0.3) is 0 Å². The van der Waals surface area contributed by atoms with Crippen LogP contribution in [0.5, 0.6) is 0 Å². The lowest BCUT2D eigenvalue weighted by Gasteiger charge is -2.57. The molecule has 0 spiro atoms. The Morgan fingerprint density at radius 3 is 2.40 bits per heavy atom. The predicted molar refractivity (Wildman–Crippen MR) is 155 cm³/mol. The molecule has 7 nitrogen and oxygen atoms in total. The van der Waals surface area contributed by atoms with Crippen LogP contribution in [0.15, 0.2) is 30.3 Å². The molecule has 1 aromatic carbocycles. The molecule has 226 valence electrons. The summed E-state index contributed by atoms with van der Waals surface area (Å²) in [5.74, 6) is -0.383. The molecule has 1 aromatic rings. The van der Waals surface area contributed by atoms with Crippen LogP contribution in [0.4, 0.5) is 0 Å². The number of hydrogen-bond donors (Lipinski definition) is 4. The molecule has 2 saturated carbocycles. The highest BCUT2D eigenvalue weighted by atomic mass is 16.5. The second-order valence-corrected chi connectivity index (χ2v) is 13.6. The third-order valence-electron chi connectivity index (χ3n) is 10.3. The van der Waals surface area contributed by atoms with Gasteiger partial charge in [0.05, 0.1) is 29.6 Å². The van der Waals surface area contributed by atoms with Gasteiger partial charge in [-0.15, -0.1) is 0 Å². The number of rotatable bonds is 12. The Kier molecular flexibility index (Phi) is 10.9. The molecule has 2 fully saturated rings. The fourth-order valence-electron chi connectivity index (χ4n) is 7.64. The third kappa shape index (κ3) is 7.65. The Balaban J connectivity index is 1.92. The Labute approximate surface area is 240 Å². The fourth-order valence-corrected chi connectivity index (χ4v) is 7.64. The van der Waals surface area contributed by atoms with Gasteiger partial charge in [0, 0.05) is 5.92 Å². The Morgan fingerprint density at radius 2 is 1.80 bits per heavy atom. The van der Waals surface area contributed by atoms with E-state index in [1.54, 1.807) is 0 Å². The summed E-state index contributed by atoms with van der Waals surface area (Å²) in [6.07, 6.45) is 0.919. The molecule has 7 heteroatoms. The van der Waals surface area contributed by atoms with E-state index in [0.29, 0.717) is 43.4 Å². The lowest BCUT2D eigenvalue weighted by molar-refractivity contribution is -0.192. The molecule has 0 bridgehead atoms. The number of aliphatic hydroxyl groups excluding tert-OH is 2. The molecule has 0 radical (unpaired) electrons. The molecular weight excluding hydrogens is 508 g/mol. The largest absolute Gasteiger partial charge is 0.481 e. The van der Waals surface area contributed by atoms with E-state index in [-0.39, 0.29) is 36.2 Å². The molecule has 0 amide bonds.